The van der Waals surface area contributed by atoms with Crippen LogP contribution in [0.4, 0.5) is 18.0 Å². The van der Waals surface area contributed by atoms with Crippen LogP contribution in [0.3, 0.4) is 0 Å². The second-order valence-corrected chi connectivity index (χ2v) is 7.03. The fourth-order valence-corrected chi connectivity index (χ4v) is 2.17. The molecule has 0 unspecified atom stereocenters. The van der Waals surface area contributed by atoms with Gasteiger partial charge < -0.3 is 4.74 Å². The number of carbonyl (C=O) groups excluding carboxylic acids is 2. The zero-order chi connectivity index (χ0) is 18.9. The number of hydrogen-bond acceptors (Lipinski definition) is 3. The molecule has 1 aliphatic rings. The van der Waals surface area contributed by atoms with E-state index in [1.54, 1.807) is 20.8 Å². The third-order valence-electron chi connectivity index (χ3n) is 3.62. The third-order valence-corrected chi connectivity index (χ3v) is 3.62. The molecule has 8 heteroatoms. The summed E-state index contributed by atoms with van der Waals surface area (Å²) in [6.07, 6.45) is 0.545. The number of rotatable bonds is 3. The van der Waals surface area contributed by atoms with Gasteiger partial charge in [0.25, 0.3) is 0 Å². The second-order valence-electron chi connectivity index (χ2n) is 7.03. The van der Waals surface area contributed by atoms with Gasteiger partial charge in [0.2, 0.25) is 5.91 Å². The highest BCUT2D eigenvalue weighted by atomic mass is 19.2. The lowest BCUT2D eigenvalue weighted by molar-refractivity contribution is -0.147. The highest BCUT2D eigenvalue weighted by Gasteiger charge is 2.37. The third kappa shape index (κ3) is 4.87. The lowest BCUT2D eigenvalue weighted by Crippen LogP contribution is -2.49. The van der Waals surface area contributed by atoms with E-state index in [2.05, 4.69) is 0 Å². The molecule has 1 aromatic rings. The molecule has 25 heavy (non-hydrogen) atoms. The van der Waals surface area contributed by atoms with E-state index in [4.69, 9.17) is 4.74 Å². The first-order chi connectivity index (χ1) is 11.5. The van der Waals surface area contributed by atoms with Crippen molar-refractivity contribution in [2.45, 2.75) is 45.8 Å². The molecular formula is C17H21F3N2O3. The Morgan fingerprint density at radius 3 is 2.20 bits per heavy atom. The highest BCUT2D eigenvalue weighted by molar-refractivity contribution is 5.83. The Balaban J connectivity index is 2.29. The number of hydrazine groups is 1. The maximum absolute atomic E-state index is 13.9. The zero-order valence-corrected chi connectivity index (χ0v) is 14.6. The second kappa shape index (κ2) is 6.93. The lowest BCUT2D eigenvalue weighted by atomic mass is 10.2. The molecule has 0 atom stereocenters. The molecular weight excluding hydrogens is 337 g/mol. The minimum Gasteiger partial charge on any atom is -0.442 e. The smallest absolute Gasteiger partial charge is 0.429 e. The van der Waals surface area contributed by atoms with E-state index < -0.39 is 35.7 Å². The summed E-state index contributed by atoms with van der Waals surface area (Å²) < 4.78 is 45.7. The molecule has 0 aliphatic heterocycles. The summed E-state index contributed by atoms with van der Waals surface area (Å²) in [7, 11) is 1.36. The summed E-state index contributed by atoms with van der Waals surface area (Å²) in [5.74, 6) is -4.08. The van der Waals surface area contributed by atoms with Gasteiger partial charge >= 0.3 is 6.09 Å². The predicted molar refractivity (Wildman–Crippen MR) is 83.6 cm³/mol. The molecule has 2 amide bonds. The SMILES string of the molecule is CN(C(=O)C1CC1)N(Cc1cc(F)c(F)cc1F)C(=O)OC(C)(C)C. The number of carbonyl (C=O) groups is 2. The van der Waals surface area contributed by atoms with E-state index in [-0.39, 0.29) is 17.4 Å². The topological polar surface area (TPSA) is 49.9 Å². The molecule has 5 nitrogen and oxygen atoms in total. The predicted octanol–water partition coefficient (Wildman–Crippen LogP) is 3.62. The van der Waals surface area contributed by atoms with Crippen LogP contribution in [0.25, 0.3) is 0 Å². The van der Waals surface area contributed by atoms with Crippen molar-refractivity contribution in [2.75, 3.05) is 7.05 Å². The first-order valence-electron chi connectivity index (χ1n) is 7.91. The van der Waals surface area contributed by atoms with Gasteiger partial charge in [-0.05, 0) is 39.7 Å². The fraction of sp³-hybridized carbons (Fsp3) is 0.529. The number of amides is 2. The van der Waals surface area contributed by atoms with Crippen molar-refractivity contribution in [2.24, 2.45) is 5.92 Å². The van der Waals surface area contributed by atoms with E-state index in [0.29, 0.717) is 25.0 Å². The molecule has 1 aromatic carbocycles. The van der Waals surface area contributed by atoms with Gasteiger partial charge in [-0.25, -0.2) is 23.0 Å². The van der Waals surface area contributed by atoms with Gasteiger partial charge in [0.1, 0.15) is 11.4 Å². The molecule has 0 aromatic heterocycles. The van der Waals surface area contributed by atoms with Crippen LogP contribution in [-0.2, 0) is 16.1 Å². The van der Waals surface area contributed by atoms with Gasteiger partial charge in [0, 0.05) is 24.6 Å². The van der Waals surface area contributed by atoms with Crippen molar-refractivity contribution in [1.29, 1.82) is 0 Å². The van der Waals surface area contributed by atoms with Crippen LogP contribution >= 0.6 is 0 Å². The molecule has 138 valence electrons. The summed E-state index contributed by atoms with van der Waals surface area (Å²) in [5.41, 5.74) is -1.11. The molecule has 0 spiro atoms. The van der Waals surface area contributed by atoms with E-state index >= 15 is 0 Å². The van der Waals surface area contributed by atoms with Crippen LogP contribution in [0.15, 0.2) is 12.1 Å². The fourth-order valence-electron chi connectivity index (χ4n) is 2.17. The van der Waals surface area contributed by atoms with E-state index in [1.807, 2.05) is 0 Å². The Bertz CT molecular complexity index is 684. The van der Waals surface area contributed by atoms with Crippen LogP contribution in [0.5, 0.6) is 0 Å². The van der Waals surface area contributed by atoms with Gasteiger partial charge in [0.05, 0.1) is 6.54 Å². The normalized spacial score (nSPS) is 14.2. The van der Waals surface area contributed by atoms with Crippen LogP contribution in [0, 0.1) is 23.4 Å². The summed E-state index contributed by atoms with van der Waals surface area (Å²) >= 11 is 0. The highest BCUT2D eigenvalue weighted by Crippen LogP contribution is 2.31. The summed E-state index contributed by atoms with van der Waals surface area (Å²) in [4.78, 5) is 24.7. The Kier molecular flexibility index (Phi) is 5.29. The monoisotopic (exact) mass is 358 g/mol. The van der Waals surface area contributed by atoms with Gasteiger partial charge in [-0.2, -0.15) is 0 Å². The Morgan fingerprint density at radius 1 is 1.12 bits per heavy atom. The Labute approximate surface area is 144 Å². The van der Waals surface area contributed by atoms with Gasteiger partial charge in [-0.1, -0.05) is 0 Å². The lowest BCUT2D eigenvalue weighted by Gasteiger charge is -2.33. The molecule has 0 bridgehead atoms. The first kappa shape index (κ1) is 19.1. The Morgan fingerprint density at radius 2 is 1.68 bits per heavy atom. The molecule has 1 aliphatic carbocycles. The molecule has 0 radical (unpaired) electrons. The van der Waals surface area contributed by atoms with Crippen molar-refractivity contribution < 1.29 is 27.5 Å². The Hall–Kier alpha value is -2.25. The summed E-state index contributed by atoms with van der Waals surface area (Å²) in [6.45, 7) is 4.46. The maximum atomic E-state index is 13.9. The van der Waals surface area contributed by atoms with Crippen LogP contribution < -0.4 is 0 Å². The van der Waals surface area contributed by atoms with Crippen LogP contribution in [0.1, 0.15) is 39.2 Å². The molecule has 2 rings (SSSR count). The number of halogens is 3. The van der Waals surface area contributed by atoms with E-state index in [9.17, 15) is 22.8 Å². The number of hydrogen-bond donors (Lipinski definition) is 0. The average Bonchev–Trinajstić information content (AvgIpc) is 3.31. The minimum atomic E-state index is -1.33. The quantitative estimate of drug-likeness (QED) is 0.612. The number of benzene rings is 1. The standard InChI is InChI=1S/C17H21F3N2O3/c1-17(2,3)25-16(24)22(21(4)15(23)10-5-6-10)9-11-7-13(19)14(20)8-12(11)18/h7-8,10H,5-6,9H2,1-4H3. The minimum absolute atomic E-state index is 0.190. The van der Waals surface area contributed by atoms with Crippen molar-refractivity contribution in [3.05, 3.63) is 35.1 Å². The molecule has 0 N–H and O–H groups in total. The number of ether oxygens (including phenoxy) is 1. The zero-order valence-electron chi connectivity index (χ0n) is 14.6. The maximum Gasteiger partial charge on any atom is 0.429 e. The molecule has 0 saturated heterocycles. The van der Waals surface area contributed by atoms with Gasteiger partial charge in [0.15, 0.2) is 11.6 Å². The van der Waals surface area contributed by atoms with Crippen LogP contribution in [0.2, 0.25) is 0 Å². The van der Waals surface area contributed by atoms with Crippen molar-refractivity contribution in [1.82, 2.24) is 10.0 Å². The summed E-state index contributed by atoms with van der Waals surface area (Å²) in [5, 5.41) is 1.94. The van der Waals surface area contributed by atoms with Crippen molar-refractivity contribution in [3.63, 3.8) is 0 Å². The molecule has 1 saturated carbocycles. The van der Waals surface area contributed by atoms with Gasteiger partial charge in [-0.3, -0.25) is 9.80 Å². The number of nitrogens with zero attached hydrogens (tertiary/aromatic N) is 2. The average molecular weight is 358 g/mol. The van der Waals surface area contributed by atoms with E-state index in [0.717, 1.165) is 10.0 Å². The van der Waals surface area contributed by atoms with Crippen molar-refractivity contribution >= 4 is 12.0 Å². The van der Waals surface area contributed by atoms with Crippen LogP contribution in [-0.4, -0.2) is 34.7 Å². The molecule has 1 fully saturated rings. The van der Waals surface area contributed by atoms with Gasteiger partial charge in [-0.15, -0.1) is 0 Å². The molecule has 0 heterocycles. The summed E-state index contributed by atoms with van der Waals surface area (Å²) in [6, 6.07) is 1.07. The first-order valence-corrected chi connectivity index (χ1v) is 7.91. The van der Waals surface area contributed by atoms with Crippen molar-refractivity contribution in [3.8, 4) is 0 Å². The van der Waals surface area contributed by atoms with E-state index in [1.165, 1.54) is 7.05 Å². The largest absolute Gasteiger partial charge is 0.442 e.